The van der Waals surface area contributed by atoms with Crippen molar-refractivity contribution in [2.45, 2.75) is 6.18 Å². The van der Waals surface area contributed by atoms with Crippen LogP contribution in [0, 0.1) is 0 Å². The largest absolute Gasteiger partial charge is 0.456 e. The molecule has 2 aromatic rings. The van der Waals surface area contributed by atoms with Crippen molar-refractivity contribution in [3.05, 3.63) is 52.8 Å². The molecule has 0 N–H and O–H groups in total. The number of ether oxygens (including phenoxy) is 1. The van der Waals surface area contributed by atoms with E-state index in [4.69, 9.17) is 4.74 Å². The molecule has 2 nitrogen and oxygen atoms in total. The van der Waals surface area contributed by atoms with Crippen molar-refractivity contribution in [2.75, 3.05) is 0 Å². The summed E-state index contributed by atoms with van der Waals surface area (Å²) in [6.07, 6.45) is -1.28. The standard InChI is InChI=1S/C12H7BrF3NO/c13-9-5-11(7-17-6-9)18-10-3-1-8(2-4-10)12(14,15)16/h1-7H. The van der Waals surface area contributed by atoms with Gasteiger partial charge in [-0.1, -0.05) is 0 Å². The van der Waals surface area contributed by atoms with E-state index in [0.717, 1.165) is 16.6 Å². The van der Waals surface area contributed by atoms with Gasteiger partial charge in [0.25, 0.3) is 0 Å². The summed E-state index contributed by atoms with van der Waals surface area (Å²) in [5, 5.41) is 0. The minimum Gasteiger partial charge on any atom is -0.456 e. The van der Waals surface area contributed by atoms with Gasteiger partial charge in [-0.25, -0.2) is 0 Å². The lowest BCUT2D eigenvalue weighted by Crippen LogP contribution is -2.03. The average Bonchev–Trinajstić information content (AvgIpc) is 2.28. The Morgan fingerprint density at radius 2 is 1.67 bits per heavy atom. The predicted octanol–water partition coefficient (Wildman–Crippen LogP) is 4.66. The van der Waals surface area contributed by atoms with Crippen LogP contribution >= 0.6 is 15.9 Å². The van der Waals surface area contributed by atoms with Gasteiger partial charge in [0.2, 0.25) is 0 Å². The van der Waals surface area contributed by atoms with E-state index in [0.29, 0.717) is 11.5 Å². The number of aromatic nitrogens is 1. The molecular formula is C12H7BrF3NO. The second-order valence-corrected chi connectivity index (χ2v) is 4.38. The summed E-state index contributed by atoms with van der Waals surface area (Å²) in [4.78, 5) is 3.89. The van der Waals surface area contributed by atoms with Gasteiger partial charge >= 0.3 is 6.18 Å². The normalized spacial score (nSPS) is 11.3. The zero-order valence-corrected chi connectivity index (χ0v) is 10.5. The molecule has 0 unspecified atom stereocenters. The van der Waals surface area contributed by atoms with Gasteiger partial charge < -0.3 is 4.74 Å². The average molecular weight is 318 g/mol. The molecule has 0 spiro atoms. The van der Waals surface area contributed by atoms with E-state index in [1.807, 2.05) is 0 Å². The second kappa shape index (κ2) is 4.97. The molecular weight excluding hydrogens is 311 g/mol. The molecule has 0 aliphatic heterocycles. The Morgan fingerprint density at radius 1 is 1.00 bits per heavy atom. The summed E-state index contributed by atoms with van der Waals surface area (Å²) in [6.45, 7) is 0. The number of hydrogen-bond donors (Lipinski definition) is 0. The summed E-state index contributed by atoms with van der Waals surface area (Å²) in [5.74, 6) is 0.770. The van der Waals surface area contributed by atoms with Crippen molar-refractivity contribution < 1.29 is 17.9 Å². The highest BCUT2D eigenvalue weighted by Crippen LogP contribution is 2.31. The topological polar surface area (TPSA) is 22.1 Å². The molecule has 0 atom stereocenters. The first-order valence-electron chi connectivity index (χ1n) is 4.91. The van der Waals surface area contributed by atoms with E-state index < -0.39 is 11.7 Å². The summed E-state index contributed by atoms with van der Waals surface area (Å²) in [7, 11) is 0. The van der Waals surface area contributed by atoms with Crippen molar-refractivity contribution >= 4 is 15.9 Å². The maximum Gasteiger partial charge on any atom is 0.416 e. The van der Waals surface area contributed by atoms with Crippen molar-refractivity contribution in [1.29, 1.82) is 0 Å². The maximum atomic E-state index is 12.3. The van der Waals surface area contributed by atoms with Gasteiger partial charge in [0, 0.05) is 10.7 Å². The van der Waals surface area contributed by atoms with Crippen LogP contribution in [0.25, 0.3) is 0 Å². The van der Waals surface area contributed by atoms with Crippen LogP contribution in [0.15, 0.2) is 47.2 Å². The van der Waals surface area contributed by atoms with Gasteiger partial charge in [-0.05, 0) is 46.3 Å². The fraction of sp³-hybridized carbons (Fsp3) is 0.0833. The fourth-order valence-electron chi connectivity index (χ4n) is 1.30. The molecule has 6 heteroatoms. The lowest BCUT2D eigenvalue weighted by molar-refractivity contribution is -0.137. The van der Waals surface area contributed by atoms with Crippen LogP contribution in [0.3, 0.4) is 0 Å². The molecule has 0 aliphatic carbocycles. The third kappa shape index (κ3) is 3.22. The summed E-state index contributed by atoms with van der Waals surface area (Å²) in [6, 6.07) is 6.15. The van der Waals surface area contributed by atoms with E-state index in [1.54, 1.807) is 12.3 Å². The Balaban J connectivity index is 2.16. The van der Waals surface area contributed by atoms with Crippen LogP contribution in [-0.2, 0) is 6.18 Å². The highest BCUT2D eigenvalue weighted by Gasteiger charge is 2.30. The number of hydrogen-bond acceptors (Lipinski definition) is 2. The number of alkyl halides is 3. The highest BCUT2D eigenvalue weighted by molar-refractivity contribution is 9.10. The number of nitrogens with zero attached hydrogens (tertiary/aromatic N) is 1. The van der Waals surface area contributed by atoms with Crippen LogP contribution in [0.5, 0.6) is 11.5 Å². The number of benzene rings is 1. The van der Waals surface area contributed by atoms with E-state index in [9.17, 15) is 13.2 Å². The summed E-state index contributed by atoms with van der Waals surface area (Å²) >= 11 is 3.22. The molecule has 1 aromatic heterocycles. The number of pyridine rings is 1. The minimum absolute atomic E-state index is 0.322. The Labute approximate surface area is 110 Å². The third-order valence-corrected chi connectivity index (χ3v) is 2.53. The van der Waals surface area contributed by atoms with Crippen LogP contribution in [0.2, 0.25) is 0 Å². The first-order chi connectivity index (χ1) is 8.45. The SMILES string of the molecule is FC(F)(F)c1ccc(Oc2cncc(Br)c2)cc1. The number of rotatable bonds is 2. The Morgan fingerprint density at radius 3 is 2.22 bits per heavy atom. The van der Waals surface area contributed by atoms with Crippen molar-refractivity contribution in [3.63, 3.8) is 0 Å². The molecule has 0 radical (unpaired) electrons. The van der Waals surface area contributed by atoms with Crippen molar-refractivity contribution in [3.8, 4) is 11.5 Å². The van der Waals surface area contributed by atoms with Crippen molar-refractivity contribution in [2.24, 2.45) is 0 Å². The van der Waals surface area contributed by atoms with Gasteiger partial charge in [-0.3, -0.25) is 4.98 Å². The van der Waals surface area contributed by atoms with E-state index in [1.165, 1.54) is 18.3 Å². The second-order valence-electron chi connectivity index (χ2n) is 3.46. The minimum atomic E-state index is -4.34. The van der Waals surface area contributed by atoms with Crippen LogP contribution in [-0.4, -0.2) is 4.98 Å². The lowest BCUT2D eigenvalue weighted by Gasteiger charge is -2.08. The fourth-order valence-corrected chi connectivity index (χ4v) is 1.64. The van der Waals surface area contributed by atoms with E-state index in [-0.39, 0.29) is 0 Å². The highest BCUT2D eigenvalue weighted by atomic mass is 79.9. The van der Waals surface area contributed by atoms with Gasteiger partial charge in [0.1, 0.15) is 11.5 Å². The summed E-state index contributed by atoms with van der Waals surface area (Å²) < 4.78 is 43.1. The molecule has 0 amide bonds. The van der Waals surface area contributed by atoms with Crippen LogP contribution in [0.1, 0.15) is 5.56 Å². The van der Waals surface area contributed by atoms with Crippen LogP contribution < -0.4 is 4.74 Å². The molecule has 0 aliphatic rings. The van der Waals surface area contributed by atoms with Gasteiger partial charge in [0.15, 0.2) is 0 Å². The quantitative estimate of drug-likeness (QED) is 0.804. The zero-order chi connectivity index (χ0) is 13.2. The molecule has 18 heavy (non-hydrogen) atoms. The number of halogens is 4. The Kier molecular flexibility index (Phi) is 3.56. The molecule has 0 fully saturated rings. The molecule has 94 valence electrons. The molecule has 0 bridgehead atoms. The molecule has 0 saturated carbocycles. The molecule has 1 heterocycles. The zero-order valence-electron chi connectivity index (χ0n) is 8.91. The first kappa shape index (κ1) is 12.9. The first-order valence-corrected chi connectivity index (χ1v) is 5.70. The van der Waals surface area contributed by atoms with Crippen LogP contribution in [0.4, 0.5) is 13.2 Å². The van der Waals surface area contributed by atoms with Gasteiger partial charge in [0.05, 0.1) is 11.8 Å². The van der Waals surface area contributed by atoms with Gasteiger partial charge in [-0.15, -0.1) is 0 Å². The Hall–Kier alpha value is -1.56. The Bertz CT molecular complexity index is 540. The monoisotopic (exact) mass is 317 g/mol. The summed E-state index contributed by atoms with van der Waals surface area (Å²) in [5.41, 5.74) is -0.706. The van der Waals surface area contributed by atoms with Crippen molar-refractivity contribution in [1.82, 2.24) is 4.98 Å². The van der Waals surface area contributed by atoms with Gasteiger partial charge in [-0.2, -0.15) is 13.2 Å². The predicted molar refractivity (Wildman–Crippen MR) is 63.5 cm³/mol. The molecule has 0 saturated heterocycles. The third-order valence-electron chi connectivity index (χ3n) is 2.10. The molecule has 2 rings (SSSR count). The lowest BCUT2D eigenvalue weighted by atomic mass is 10.2. The maximum absolute atomic E-state index is 12.3. The van der Waals surface area contributed by atoms with E-state index >= 15 is 0 Å². The molecule has 1 aromatic carbocycles. The smallest absolute Gasteiger partial charge is 0.416 e. The van der Waals surface area contributed by atoms with E-state index in [2.05, 4.69) is 20.9 Å².